The Morgan fingerprint density at radius 3 is 2.38 bits per heavy atom. The third-order valence-electron chi connectivity index (χ3n) is 2.74. The van der Waals surface area contributed by atoms with Crippen LogP contribution in [0.5, 0.6) is 0 Å². The number of hydrogen-bond acceptors (Lipinski definition) is 1. The van der Waals surface area contributed by atoms with Crippen molar-refractivity contribution in [2.75, 3.05) is 0 Å². The van der Waals surface area contributed by atoms with Crippen LogP contribution in [0.2, 0.25) is 0 Å². The molecule has 2 N–H and O–H groups in total. The van der Waals surface area contributed by atoms with Crippen molar-refractivity contribution in [1.29, 1.82) is 0 Å². The van der Waals surface area contributed by atoms with Gasteiger partial charge < -0.3 is 10.3 Å². The summed E-state index contributed by atoms with van der Waals surface area (Å²) in [5, 5.41) is 3.41. The predicted octanol–water partition coefficient (Wildman–Crippen LogP) is 2.87. The van der Waals surface area contributed by atoms with Crippen LogP contribution in [0.15, 0.2) is 42.6 Å². The fourth-order valence-corrected chi connectivity index (χ4v) is 1.71. The van der Waals surface area contributed by atoms with Crippen LogP contribution < -0.4 is 5.32 Å². The van der Waals surface area contributed by atoms with E-state index in [0.717, 1.165) is 19.5 Å². The summed E-state index contributed by atoms with van der Waals surface area (Å²) in [5.74, 6) is 0. The van der Waals surface area contributed by atoms with E-state index in [2.05, 4.69) is 47.6 Å². The molecule has 84 valence electrons. The second-order valence-corrected chi connectivity index (χ2v) is 3.97. The molecule has 1 aromatic carbocycles. The molecule has 16 heavy (non-hydrogen) atoms. The van der Waals surface area contributed by atoms with Crippen molar-refractivity contribution >= 4 is 0 Å². The summed E-state index contributed by atoms with van der Waals surface area (Å²) in [5.41, 5.74) is 3.96. The molecule has 0 bridgehead atoms. The molecule has 0 saturated heterocycles. The number of nitrogens with one attached hydrogen (secondary N) is 2. The van der Waals surface area contributed by atoms with Crippen molar-refractivity contribution in [3.8, 4) is 0 Å². The van der Waals surface area contributed by atoms with E-state index in [1.165, 1.54) is 16.8 Å². The van der Waals surface area contributed by atoms with Crippen LogP contribution >= 0.6 is 0 Å². The van der Waals surface area contributed by atoms with E-state index in [0.29, 0.717) is 0 Å². The zero-order valence-electron chi connectivity index (χ0n) is 9.66. The Hall–Kier alpha value is -1.54. The van der Waals surface area contributed by atoms with Gasteiger partial charge in [0.05, 0.1) is 0 Å². The van der Waals surface area contributed by atoms with E-state index >= 15 is 0 Å². The molecule has 0 amide bonds. The quantitative estimate of drug-likeness (QED) is 0.787. The van der Waals surface area contributed by atoms with E-state index < -0.39 is 0 Å². The number of aromatic nitrogens is 1. The number of benzene rings is 1. The van der Waals surface area contributed by atoms with Crippen LogP contribution in [0.1, 0.15) is 23.7 Å². The molecule has 0 spiro atoms. The summed E-state index contributed by atoms with van der Waals surface area (Å²) in [6.45, 7) is 3.99. The average Bonchev–Trinajstić information content (AvgIpc) is 2.83. The maximum atomic E-state index is 3.41. The first-order chi connectivity index (χ1) is 7.88. The van der Waals surface area contributed by atoms with Gasteiger partial charge in [-0.15, -0.1) is 0 Å². The molecule has 0 atom stereocenters. The van der Waals surface area contributed by atoms with Gasteiger partial charge in [-0.3, -0.25) is 0 Å². The molecular weight excluding hydrogens is 196 g/mol. The molecule has 0 radical (unpaired) electrons. The number of aryl methyl sites for hydroxylation is 1. The third kappa shape index (κ3) is 2.97. The monoisotopic (exact) mass is 214 g/mol. The van der Waals surface area contributed by atoms with Crippen molar-refractivity contribution in [1.82, 2.24) is 10.3 Å². The highest BCUT2D eigenvalue weighted by molar-refractivity contribution is 5.22. The topological polar surface area (TPSA) is 27.8 Å². The Morgan fingerprint density at radius 2 is 1.75 bits per heavy atom. The first kappa shape index (κ1) is 11.0. The molecule has 0 aliphatic heterocycles. The van der Waals surface area contributed by atoms with E-state index in [-0.39, 0.29) is 0 Å². The van der Waals surface area contributed by atoms with Crippen molar-refractivity contribution in [2.24, 2.45) is 0 Å². The van der Waals surface area contributed by atoms with Gasteiger partial charge in [0.2, 0.25) is 0 Å². The number of hydrogen-bond donors (Lipinski definition) is 2. The smallest absolute Gasteiger partial charge is 0.0360 e. The zero-order chi connectivity index (χ0) is 11.2. The van der Waals surface area contributed by atoms with Crippen LogP contribution in [-0.4, -0.2) is 4.98 Å². The summed E-state index contributed by atoms with van der Waals surface area (Å²) in [4.78, 5) is 3.18. The normalized spacial score (nSPS) is 10.6. The SMILES string of the molecule is CCc1ccc(CNCc2ccc[nH]2)cc1. The fraction of sp³-hybridized carbons (Fsp3) is 0.286. The standard InChI is InChI=1S/C14H18N2/c1-2-12-5-7-13(8-6-12)10-15-11-14-4-3-9-16-14/h3-9,15-16H,2,10-11H2,1H3. The molecule has 2 nitrogen and oxygen atoms in total. The van der Waals surface area contributed by atoms with E-state index in [1.54, 1.807) is 0 Å². The summed E-state index contributed by atoms with van der Waals surface area (Å²) >= 11 is 0. The predicted molar refractivity (Wildman–Crippen MR) is 67.2 cm³/mol. The van der Waals surface area contributed by atoms with Gasteiger partial charge in [0.1, 0.15) is 0 Å². The maximum Gasteiger partial charge on any atom is 0.0360 e. The lowest BCUT2D eigenvalue weighted by Gasteiger charge is -2.04. The van der Waals surface area contributed by atoms with Crippen molar-refractivity contribution in [2.45, 2.75) is 26.4 Å². The molecular formula is C14H18N2. The summed E-state index contributed by atoms with van der Waals surface area (Å²) in [7, 11) is 0. The van der Waals surface area contributed by atoms with Crippen LogP contribution in [0, 0.1) is 0 Å². The van der Waals surface area contributed by atoms with Gasteiger partial charge in [-0.2, -0.15) is 0 Å². The second kappa shape index (κ2) is 5.52. The molecule has 0 aliphatic rings. The van der Waals surface area contributed by atoms with Crippen LogP contribution in [0.25, 0.3) is 0 Å². The zero-order valence-corrected chi connectivity index (χ0v) is 9.66. The molecule has 0 saturated carbocycles. The minimum absolute atomic E-state index is 0.891. The van der Waals surface area contributed by atoms with Crippen molar-refractivity contribution in [3.63, 3.8) is 0 Å². The summed E-state index contributed by atoms with van der Waals surface area (Å²) in [6.07, 6.45) is 3.06. The van der Waals surface area contributed by atoms with E-state index in [9.17, 15) is 0 Å². The highest BCUT2D eigenvalue weighted by atomic mass is 14.9. The van der Waals surface area contributed by atoms with Gasteiger partial charge in [-0.1, -0.05) is 31.2 Å². The molecule has 2 rings (SSSR count). The Bertz CT molecular complexity index is 401. The van der Waals surface area contributed by atoms with Gasteiger partial charge in [0.15, 0.2) is 0 Å². The average molecular weight is 214 g/mol. The molecule has 2 aromatic rings. The number of H-pyrrole nitrogens is 1. The highest BCUT2D eigenvalue weighted by Crippen LogP contribution is 2.05. The Kier molecular flexibility index (Phi) is 3.78. The second-order valence-electron chi connectivity index (χ2n) is 3.97. The fourth-order valence-electron chi connectivity index (χ4n) is 1.71. The van der Waals surface area contributed by atoms with Gasteiger partial charge in [0, 0.05) is 25.0 Å². The molecule has 2 heteroatoms. The van der Waals surface area contributed by atoms with Gasteiger partial charge in [-0.05, 0) is 29.7 Å². The first-order valence-corrected chi connectivity index (χ1v) is 5.79. The Morgan fingerprint density at radius 1 is 1.00 bits per heavy atom. The first-order valence-electron chi connectivity index (χ1n) is 5.79. The lowest BCUT2D eigenvalue weighted by molar-refractivity contribution is 0.682. The van der Waals surface area contributed by atoms with Gasteiger partial charge in [-0.25, -0.2) is 0 Å². The highest BCUT2D eigenvalue weighted by Gasteiger charge is 1.94. The Balaban J connectivity index is 1.81. The number of aromatic amines is 1. The van der Waals surface area contributed by atoms with Gasteiger partial charge in [0.25, 0.3) is 0 Å². The molecule has 0 unspecified atom stereocenters. The molecule has 1 heterocycles. The van der Waals surface area contributed by atoms with Crippen molar-refractivity contribution in [3.05, 3.63) is 59.4 Å². The minimum Gasteiger partial charge on any atom is -0.364 e. The maximum absolute atomic E-state index is 3.41. The summed E-state index contributed by atoms with van der Waals surface area (Å²) < 4.78 is 0. The van der Waals surface area contributed by atoms with E-state index in [4.69, 9.17) is 0 Å². The minimum atomic E-state index is 0.891. The molecule has 0 fully saturated rings. The molecule has 1 aromatic heterocycles. The van der Waals surface area contributed by atoms with Crippen LogP contribution in [-0.2, 0) is 19.5 Å². The van der Waals surface area contributed by atoms with Crippen LogP contribution in [0.3, 0.4) is 0 Å². The van der Waals surface area contributed by atoms with E-state index in [1.807, 2.05) is 12.3 Å². The third-order valence-corrected chi connectivity index (χ3v) is 2.74. The largest absolute Gasteiger partial charge is 0.364 e. The number of rotatable bonds is 5. The Labute approximate surface area is 96.7 Å². The van der Waals surface area contributed by atoms with Crippen LogP contribution in [0.4, 0.5) is 0 Å². The summed E-state index contributed by atoms with van der Waals surface area (Å²) in [6, 6.07) is 12.9. The van der Waals surface area contributed by atoms with Gasteiger partial charge >= 0.3 is 0 Å². The lowest BCUT2D eigenvalue weighted by atomic mass is 10.1. The lowest BCUT2D eigenvalue weighted by Crippen LogP contribution is -2.12. The molecule has 0 aliphatic carbocycles. The van der Waals surface area contributed by atoms with Crippen molar-refractivity contribution < 1.29 is 0 Å².